The Morgan fingerprint density at radius 1 is 1.03 bits per heavy atom. The maximum Gasteiger partial charge on any atom is 0.295 e. The van der Waals surface area contributed by atoms with Crippen molar-refractivity contribution in [3.05, 3.63) is 52.6 Å². The van der Waals surface area contributed by atoms with E-state index in [1.807, 2.05) is 14.1 Å². The quantitative estimate of drug-likeness (QED) is 0.249. The number of likely N-dealkylation sites (tertiary alicyclic amines) is 1. The number of ketones is 1. The first-order valence-corrected chi connectivity index (χ1v) is 13.1. The Labute approximate surface area is 230 Å². The molecule has 1 amide bonds. The van der Waals surface area contributed by atoms with Gasteiger partial charge < -0.3 is 33.9 Å². The highest BCUT2D eigenvalue weighted by Crippen LogP contribution is 2.45. The molecule has 1 aliphatic rings. The summed E-state index contributed by atoms with van der Waals surface area (Å²) in [4.78, 5) is 29.4. The highest BCUT2D eigenvalue weighted by Gasteiger charge is 2.44. The van der Waals surface area contributed by atoms with Crippen LogP contribution in [0.5, 0.6) is 23.0 Å². The third kappa shape index (κ3) is 6.47. The number of hydrogen-bond donors (Lipinski definition) is 1. The molecule has 2 aromatic carbocycles. The SMILES string of the molecule is COc1cc(C2C(=C([O-])c3ccc(OCC(C)C)cc3C)C(=O)C(=O)N2CCC[NH+](C)C)cc(OC)c1OC. The summed E-state index contributed by atoms with van der Waals surface area (Å²) < 4.78 is 22.3. The lowest BCUT2D eigenvalue weighted by molar-refractivity contribution is -0.858. The Balaban J connectivity index is 2.18. The van der Waals surface area contributed by atoms with Crippen LogP contribution in [0.3, 0.4) is 0 Å². The number of benzene rings is 2. The number of rotatable bonds is 12. The van der Waals surface area contributed by atoms with Gasteiger partial charge in [-0.25, -0.2) is 0 Å². The number of carbonyl (C=O) groups excluding carboxylic acids is 2. The van der Waals surface area contributed by atoms with Crippen molar-refractivity contribution in [3.63, 3.8) is 0 Å². The van der Waals surface area contributed by atoms with Gasteiger partial charge >= 0.3 is 0 Å². The minimum Gasteiger partial charge on any atom is -0.872 e. The van der Waals surface area contributed by atoms with E-state index in [0.717, 1.165) is 6.54 Å². The van der Waals surface area contributed by atoms with Gasteiger partial charge in [0.1, 0.15) is 5.75 Å². The second-order valence-corrected chi connectivity index (χ2v) is 10.4. The van der Waals surface area contributed by atoms with Crippen molar-refractivity contribution < 1.29 is 38.5 Å². The van der Waals surface area contributed by atoms with Gasteiger partial charge in [-0.2, -0.15) is 0 Å². The summed E-state index contributed by atoms with van der Waals surface area (Å²) in [6, 6.07) is 7.62. The molecular formula is C30H40N2O7. The Bertz CT molecular complexity index is 1210. The summed E-state index contributed by atoms with van der Waals surface area (Å²) in [5.41, 5.74) is 1.44. The van der Waals surface area contributed by atoms with Crippen molar-refractivity contribution in [3.8, 4) is 23.0 Å². The summed E-state index contributed by atoms with van der Waals surface area (Å²) >= 11 is 0. The van der Waals surface area contributed by atoms with Crippen LogP contribution in [-0.2, 0) is 9.59 Å². The Morgan fingerprint density at radius 2 is 1.67 bits per heavy atom. The van der Waals surface area contributed by atoms with Crippen LogP contribution in [-0.4, -0.2) is 71.7 Å². The molecule has 1 atom stereocenters. The Kier molecular flexibility index (Phi) is 9.86. The average Bonchev–Trinajstić information content (AvgIpc) is 3.15. The topological polar surface area (TPSA) is 102 Å². The van der Waals surface area contributed by atoms with E-state index in [9.17, 15) is 14.7 Å². The van der Waals surface area contributed by atoms with Crippen LogP contribution >= 0.6 is 0 Å². The lowest BCUT2D eigenvalue weighted by Gasteiger charge is -2.29. The number of Topliss-reactive ketones (excluding diaryl/α,β-unsaturated/α-hetero) is 1. The van der Waals surface area contributed by atoms with Crippen molar-refractivity contribution >= 4 is 17.4 Å². The lowest BCUT2D eigenvalue weighted by Crippen LogP contribution is -3.05. The van der Waals surface area contributed by atoms with Crippen molar-refractivity contribution in [2.75, 3.05) is 55.1 Å². The molecule has 0 radical (unpaired) electrons. The molecule has 0 aliphatic carbocycles. The number of aryl methyl sites for hydroxylation is 1. The van der Waals surface area contributed by atoms with E-state index in [1.165, 1.54) is 31.1 Å². The molecule has 0 saturated carbocycles. The number of nitrogens with zero attached hydrogens (tertiary/aromatic N) is 1. The van der Waals surface area contributed by atoms with Gasteiger partial charge in [0.2, 0.25) is 11.5 Å². The Hall–Kier alpha value is -3.72. The van der Waals surface area contributed by atoms with Gasteiger partial charge in [-0.1, -0.05) is 25.7 Å². The van der Waals surface area contributed by atoms with Crippen LogP contribution in [0.2, 0.25) is 0 Å². The van der Waals surface area contributed by atoms with E-state index < -0.39 is 23.5 Å². The largest absolute Gasteiger partial charge is 0.872 e. The summed E-state index contributed by atoms with van der Waals surface area (Å²) in [7, 11) is 8.52. The molecule has 9 nitrogen and oxygen atoms in total. The van der Waals surface area contributed by atoms with Gasteiger partial charge in [0.15, 0.2) is 11.5 Å². The van der Waals surface area contributed by atoms with Crippen LogP contribution in [0.1, 0.15) is 43.0 Å². The molecule has 9 heteroatoms. The van der Waals surface area contributed by atoms with E-state index in [-0.39, 0.29) is 5.57 Å². The van der Waals surface area contributed by atoms with E-state index in [1.54, 1.807) is 37.3 Å². The number of quaternary nitrogens is 1. The van der Waals surface area contributed by atoms with Crippen molar-refractivity contribution in [1.29, 1.82) is 0 Å². The number of nitrogens with one attached hydrogen (secondary N) is 1. The number of methoxy groups -OCH3 is 3. The van der Waals surface area contributed by atoms with Gasteiger partial charge in [0.25, 0.3) is 5.91 Å². The van der Waals surface area contributed by atoms with Crippen LogP contribution in [0.4, 0.5) is 0 Å². The summed E-state index contributed by atoms with van der Waals surface area (Å²) in [5, 5.41) is 14.0. The highest BCUT2D eigenvalue weighted by atomic mass is 16.5. The second-order valence-electron chi connectivity index (χ2n) is 10.4. The molecule has 1 aliphatic heterocycles. The van der Waals surface area contributed by atoms with Crippen molar-refractivity contribution in [2.45, 2.75) is 33.2 Å². The monoisotopic (exact) mass is 540 g/mol. The third-order valence-electron chi connectivity index (χ3n) is 6.63. The first-order valence-electron chi connectivity index (χ1n) is 13.1. The molecule has 1 unspecified atom stereocenters. The highest BCUT2D eigenvalue weighted by molar-refractivity contribution is 6.46. The molecule has 0 aromatic heterocycles. The summed E-state index contributed by atoms with van der Waals surface area (Å²) in [5.74, 6) is 0.130. The Morgan fingerprint density at radius 3 is 2.18 bits per heavy atom. The maximum atomic E-state index is 14.0. The fraction of sp³-hybridized carbons (Fsp3) is 0.467. The van der Waals surface area contributed by atoms with Gasteiger partial charge in [-0.05, 0) is 53.8 Å². The molecule has 212 valence electrons. The molecule has 0 bridgehead atoms. The zero-order chi connectivity index (χ0) is 28.9. The van der Waals surface area contributed by atoms with E-state index in [2.05, 4.69) is 13.8 Å². The third-order valence-corrected chi connectivity index (χ3v) is 6.63. The van der Waals surface area contributed by atoms with E-state index >= 15 is 0 Å². The van der Waals surface area contributed by atoms with Crippen molar-refractivity contribution in [1.82, 2.24) is 4.90 Å². The zero-order valence-electron chi connectivity index (χ0n) is 24.2. The fourth-order valence-corrected chi connectivity index (χ4v) is 4.70. The minimum atomic E-state index is -0.903. The average molecular weight is 541 g/mol. The lowest BCUT2D eigenvalue weighted by atomic mass is 9.93. The first-order chi connectivity index (χ1) is 18.5. The predicted molar refractivity (Wildman–Crippen MR) is 146 cm³/mol. The van der Waals surface area contributed by atoms with Crippen molar-refractivity contribution in [2.24, 2.45) is 5.92 Å². The van der Waals surface area contributed by atoms with Gasteiger partial charge in [0, 0.05) is 18.5 Å². The predicted octanol–water partition coefficient (Wildman–Crippen LogP) is 1.81. The molecule has 2 aromatic rings. The molecule has 1 N–H and O–H groups in total. The second kappa shape index (κ2) is 12.9. The minimum absolute atomic E-state index is 0.0922. The maximum absolute atomic E-state index is 14.0. The standard InChI is InChI=1S/C30H40N2O7/c1-18(2)17-39-21-10-11-22(19(3)14-21)27(33)25-26(32(30(35)28(25)34)13-9-12-31(4)5)20-15-23(36-6)29(38-8)24(16-20)37-7/h10-11,14-16,18,26,33H,9,12-13,17H2,1-8H3. The molecule has 1 saturated heterocycles. The first kappa shape index (κ1) is 29.8. The molecular weight excluding hydrogens is 500 g/mol. The summed E-state index contributed by atoms with van der Waals surface area (Å²) in [6.45, 7) is 7.56. The van der Waals surface area contributed by atoms with Gasteiger partial charge in [0.05, 0.1) is 54.6 Å². The molecule has 0 spiro atoms. The fourth-order valence-electron chi connectivity index (χ4n) is 4.70. The molecule has 1 fully saturated rings. The van der Waals surface area contributed by atoms with Crippen LogP contribution in [0, 0.1) is 12.8 Å². The zero-order valence-corrected chi connectivity index (χ0v) is 24.2. The number of hydrogen-bond acceptors (Lipinski definition) is 7. The van der Waals surface area contributed by atoms with Gasteiger partial charge in [-0.3, -0.25) is 9.59 Å². The molecule has 1 heterocycles. The van der Waals surface area contributed by atoms with Crippen LogP contribution < -0.4 is 29.0 Å². The smallest absolute Gasteiger partial charge is 0.295 e. The van der Waals surface area contributed by atoms with Crippen LogP contribution in [0.15, 0.2) is 35.9 Å². The summed E-state index contributed by atoms with van der Waals surface area (Å²) in [6.07, 6.45) is 0.657. The van der Waals surface area contributed by atoms with Crippen LogP contribution in [0.25, 0.3) is 5.76 Å². The molecule has 3 rings (SSSR count). The number of carbonyl (C=O) groups is 2. The van der Waals surface area contributed by atoms with E-state index in [4.69, 9.17) is 18.9 Å². The van der Waals surface area contributed by atoms with E-state index in [0.29, 0.717) is 65.2 Å². The molecule has 39 heavy (non-hydrogen) atoms. The number of amides is 1. The number of ether oxygens (including phenoxy) is 4. The van der Waals surface area contributed by atoms with Gasteiger partial charge in [-0.15, -0.1) is 0 Å². The normalized spacial score (nSPS) is 16.8.